The van der Waals surface area contributed by atoms with E-state index in [2.05, 4.69) is 6.92 Å². The van der Waals surface area contributed by atoms with Gasteiger partial charge in [-0.15, -0.1) is 0 Å². The molecular weight excluding hydrogens is 566 g/mol. The Hall–Kier alpha value is -2.76. The second kappa shape index (κ2) is 17.7. The van der Waals surface area contributed by atoms with Crippen LogP contribution in [0.4, 0.5) is 0 Å². The number of hydrogen-bond donors (Lipinski definition) is 4. The molecule has 0 radical (unpaired) electrons. The maximum atomic E-state index is 9.40. The fourth-order valence-corrected chi connectivity index (χ4v) is 3.68. The molecule has 0 saturated heterocycles. The van der Waals surface area contributed by atoms with Gasteiger partial charge in [-0.3, -0.25) is 0 Å². The molecule has 4 nitrogen and oxygen atoms in total. The van der Waals surface area contributed by atoms with E-state index in [1.54, 1.807) is 61.5 Å². The second-order valence-corrected chi connectivity index (χ2v) is 9.64. The third kappa shape index (κ3) is 11.7. The molecule has 8 heteroatoms. The van der Waals surface area contributed by atoms with E-state index in [4.69, 9.17) is 56.6 Å². The van der Waals surface area contributed by atoms with Crippen molar-refractivity contribution in [1.29, 1.82) is 0 Å². The van der Waals surface area contributed by atoms with Gasteiger partial charge in [-0.1, -0.05) is 103 Å². The monoisotopic (exact) mass is 596 g/mol. The average Bonchev–Trinajstić information content (AvgIpc) is 2.90. The molecule has 0 bridgehead atoms. The van der Waals surface area contributed by atoms with Gasteiger partial charge in [-0.2, -0.15) is 0 Å². The van der Waals surface area contributed by atoms with Crippen LogP contribution in [0.5, 0.6) is 23.0 Å². The van der Waals surface area contributed by atoms with Gasteiger partial charge in [0.1, 0.15) is 23.0 Å². The van der Waals surface area contributed by atoms with E-state index in [1.165, 1.54) is 0 Å². The fraction of sp³-hybridized carbons (Fsp3) is 0.200. The summed E-state index contributed by atoms with van der Waals surface area (Å²) >= 11 is 22.4. The van der Waals surface area contributed by atoms with Gasteiger partial charge >= 0.3 is 0 Å². The third-order valence-electron chi connectivity index (χ3n) is 5.06. The molecule has 204 valence electrons. The summed E-state index contributed by atoms with van der Waals surface area (Å²) in [5.41, 5.74) is 2.63. The highest BCUT2D eigenvalue weighted by Gasteiger charge is 2.03. The quantitative estimate of drug-likeness (QED) is 0.189. The lowest BCUT2D eigenvalue weighted by molar-refractivity contribution is 0.467. The first-order valence-electron chi connectivity index (χ1n) is 11.8. The van der Waals surface area contributed by atoms with Crippen molar-refractivity contribution in [3.63, 3.8) is 0 Å². The van der Waals surface area contributed by atoms with Crippen molar-refractivity contribution in [3.05, 3.63) is 116 Å². The lowest BCUT2D eigenvalue weighted by Crippen LogP contribution is -1.83. The van der Waals surface area contributed by atoms with Gasteiger partial charge in [-0.05, 0) is 78.9 Å². The largest absolute Gasteiger partial charge is 0.508 e. The molecule has 0 fully saturated rings. The summed E-state index contributed by atoms with van der Waals surface area (Å²) in [6.07, 6.45) is 2.71. The number of hydrogen-bond acceptors (Lipinski definition) is 4. The van der Waals surface area contributed by atoms with Crippen molar-refractivity contribution in [2.75, 3.05) is 0 Å². The van der Waals surface area contributed by atoms with Crippen molar-refractivity contribution in [2.45, 2.75) is 40.0 Å². The van der Waals surface area contributed by atoms with Crippen molar-refractivity contribution in [1.82, 2.24) is 0 Å². The molecule has 0 unspecified atom stereocenters. The molecular formula is C30H32Cl4O4. The SMILES string of the molecule is CCCc1cccc(Cl)c1O.CCc1cccc(Cl)c1O.Cc1cccc(Cl)c1O.Oc1ccc(Cl)cc1. The summed E-state index contributed by atoms with van der Waals surface area (Å²) in [7, 11) is 0. The van der Waals surface area contributed by atoms with E-state index in [-0.39, 0.29) is 23.0 Å². The van der Waals surface area contributed by atoms with Gasteiger partial charge in [0.15, 0.2) is 0 Å². The van der Waals surface area contributed by atoms with Crippen molar-refractivity contribution < 1.29 is 20.4 Å². The number of para-hydroxylation sites is 3. The van der Waals surface area contributed by atoms with Crippen LogP contribution in [0.25, 0.3) is 0 Å². The number of aromatic hydroxyl groups is 4. The minimum absolute atomic E-state index is 0.180. The molecule has 0 aliphatic carbocycles. The first-order valence-corrected chi connectivity index (χ1v) is 13.3. The van der Waals surface area contributed by atoms with Crippen LogP contribution >= 0.6 is 46.4 Å². The maximum Gasteiger partial charge on any atom is 0.137 e. The number of rotatable bonds is 3. The Balaban J connectivity index is 0.000000255. The zero-order chi connectivity index (χ0) is 28.7. The van der Waals surface area contributed by atoms with Crippen molar-refractivity contribution in [3.8, 4) is 23.0 Å². The molecule has 0 spiro atoms. The van der Waals surface area contributed by atoms with Crippen LogP contribution in [-0.2, 0) is 12.8 Å². The predicted molar refractivity (Wildman–Crippen MR) is 161 cm³/mol. The number of aryl methyl sites for hydroxylation is 3. The maximum absolute atomic E-state index is 9.40. The summed E-state index contributed by atoms with van der Waals surface area (Å²) in [5, 5.41) is 38.4. The smallest absolute Gasteiger partial charge is 0.137 e. The molecule has 0 saturated carbocycles. The van der Waals surface area contributed by atoms with E-state index >= 15 is 0 Å². The highest BCUT2D eigenvalue weighted by molar-refractivity contribution is 6.32. The summed E-state index contributed by atoms with van der Waals surface area (Å²) in [5.74, 6) is 0.872. The van der Waals surface area contributed by atoms with Gasteiger partial charge in [0.05, 0.1) is 15.1 Å². The van der Waals surface area contributed by atoms with Gasteiger partial charge < -0.3 is 20.4 Å². The van der Waals surface area contributed by atoms with Crippen molar-refractivity contribution in [2.24, 2.45) is 0 Å². The summed E-state index contributed by atoms with van der Waals surface area (Å²) < 4.78 is 0. The van der Waals surface area contributed by atoms with E-state index in [9.17, 15) is 10.2 Å². The molecule has 0 amide bonds. The van der Waals surface area contributed by atoms with Gasteiger partial charge in [0, 0.05) is 5.02 Å². The van der Waals surface area contributed by atoms with Crippen LogP contribution in [0.3, 0.4) is 0 Å². The molecule has 0 heterocycles. The highest BCUT2D eigenvalue weighted by atomic mass is 35.5. The van der Waals surface area contributed by atoms with Gasteiger partial charge in [0.2, 0.25) is 0 Å². The van der Waals surface area contributed by atoms with Crippen LogP contribution in [0.2, 0.25) is 20.1 Å². The van der Waals surface area contributed by atoms with E-state index in [0.717, 1.165) is 36.0 Å². The summed E-state index contributed by atoms with van der Waals surface area (Å²) in [6.45, 7) is 5.85. The third-order valence-corrected chi connectivity index (χ3v) is 6.22. The number of halogens is 4. The van der Waals surface area contributed by atoms with Gasteiger partial charge in [-0.25, -0.2) is 0 Å². The molecule has 4 N–H and O–H groups in total. The summed E-state index contributed by atoms with van der Waals surface area (Å²) in [6, 6.07) is 22.4. The Morgan fingerprint density at radius 1 is 0.553 bits per heavy atom. The number of phenolic OH excluding ortho intramolecular Hbond substituents is 4. The molecule has 0 aliphatic heterocycles. The number of benzene rings is 4. The van der Waals surface area contributed by atoms with Crippen molar-refractivity contribution >= 4 is 46.4 Å². The first kappa shape index (κ1) is 33.3. The lowest BCUT2D eigenvalue weighted by Gasteiger charge is -2.02. The highest BCUT2D eigenvalue weighted by Crippen LogP contribution is 2.28. The van der Waals surface area contributed by atoms with E-state index < -0.39 is 0 Å². The second-order valence-electron chi connectivity index (χ2n) is 7.98. The van der Waals surface area contributed by atoms with E-state index in [1.807, 2.05) is 31.2 Å². The van der Waals surface area contributed by atoms with Gasteiger partial charge in [0.25, 0.3) is 0 Å². The average molecular weight is 598 g/mol. The van der Waals surface area contributed by atoms with Crippen LogP contribution in [-0.4, -0.2) is 20.4 Å². The zero-order valence-corrected chi connectivity index (χ0v) is 24.5. The normalized spacial score (nSPS) is 9.66. The molecule has 0 atom stereocenters. The molecule has 4 aromatic rings. The van der Waals surface area contributed by atoms with E-state index in [0.29, 0.717) is 20.1 Å². The Labute approximate surface area is 244 Å². The molecule has 0 aliphatic rings. The lowest BCUT2D eigenvalue weighted by atomic mass is 10.1. The standard InChI is InChI=1S/C9H11ClO.C8H9ClO.C7H7ClO.C6H5ClO/c1-2-4-7-5-3-6-8(10)9(7)11;1-2-6-4-3-5-7(9)8(6)10;1-5-3-2-4-6(8)7(5)9;7-5-1-3-6(8)4-2-5/h3,5-6,11H,2,4H2,1H3;3-5,10H,2H2,1H3;2-4,9H,1H3;1-4,8H. The molecule has 38 heavy (non-hydrogen) atoms. The minimum atomic E-state index is 0.180. The Bertz CT molecular complexity index is 1220. The molecule has 0 aromatic heterocycles. The Morgan fingerprint density at radius 3 is 1.39 bits per heavy atom. The Morgan fingerprint density at radius 2 is 1.00 bits per heavy atom. The summed E-state index contributed by atoms with van der Waals surface area (Å²) in [4.78, 5) is 0. The number of phenols is 4. The molecule has 4 aromatic carbocycles. The first-order chi connectivity index (χ1) is 18.0. The zero-order valence-electron chi connectivity index (χ0n) is 21.4. The molecule has 4 rings (SSSR count). The Kier molecular flexibility index (Phi) is 15.5. The fourth-order valence-electron chi connectivity index (χ4n) is 2.94. The topological polar surface area (TPSA) is 80.9 Å². The van der Waals surface area contributed by atoms with Crippen LogP contribution in [0, 0.1) is 6.92 Å². The van der Waals surface area contributed by atoms with Crippen LogP contribution < -0.4 is 0 Å². The van der Waals surface area contributed by atoms with Crippen LogP contribution in [0.15, 0.2) is 78.9 Å². The van der Waals surface area contributed by atoms with Crippen LogP contribution in [0.1, 0.15) is 37.0 Å². The predicted octanol–water partition coefficient (Wildman–Crippen LogP) is 10.0. The minimum Gasteiger partial charge on any atom is -0.508 e.